The van der Waals surface area contributed by atoms with Crippen LogP contribution in [0.25, 0.3) is 10.6 Å². The second-order valence-electron chi connectivity index (χ2n) is 17.9. The average Bonchev–Trinajstić information content (AvgIpc) is 3.84. The van der Waals surface area contributed by atoms with Crippen molar-refractivity contribution < 1.29 is 50.7 Å². The van der Waals surface area contributed by atoms with Gasteiger partial charge in [0.25, 0.3) is 0 Å². The Hall–Kier alpha value is 1.16. The minimum atomic E-state index is -3.83. The molecule has 8 bridgehead atoms. The van der Waals surface area contributed by atoms with Gasteiger partial charge in [0.05, 0.1) is 45.7 Å². The van der Waals surface area contributed by atoms with Crippen molar-refractivity contribution in [2.24, 2.45) is 47.3 Å². The average molecular weight is 1010 g/mol. The fraction of sp³-hybridized carbons (Fsp3) is 1.00. The van der Waals surface area contributed by atoms with Crippen molar-refractivity contribution in [3.05, 3.63) is 10.6 Å². The fourth-order valence-electron chi connectivity index (χ4n) is 12.6. The quantitative estimate of drug-likeness (QED) is 0.175. The number of hydrogen-bond acceptors (Lipinski definition) is 14. The molecule has 0 aromatic rings. The first-order valence-corrected chi connectivity index (χ1v) is 29.4. The Kier molecular flexibility index (Phi) is 12.8. The number of fused-ring (bicyclic) bond motifs is 20. The zero-order valence-corrected chi connectivity index (χ0v) is 37.9. The number of halogens is 4. The van der Waals surface area contributed by atoms with E-state index in [0.717, 1.165) is 0 Å². The van der Waals surface area contributed by atoms with E-state index in [0.29, 0.717) is 77.0 Å². The van der Waals surface area contributed by atoms with Gasteiger partial charge in [-0.15, -0.1) is 0 Å². The predicted molar refractivity (Wildman–Crippen MR) is 213 cm³/mol. The van der Waals surface area contributed by atoms with Gasteiger partial charge in [0, 0.05) is 42.7 Å². The molecule has 0 amide bonds. The largest absolute Gasteiger partial charge is 2.00 e. The van der Waals surface area contributed by atoms with Gasteiger partial charge in [-0.3, -0.25) is 16.0 Å². The standard InChI is InChI=1S/C32H50Cl4N8O8S4.Cu/c33-53(45,46)13-1-5-17-21(9-13)29-37-25(17)41-30-22-10-14(54(34,47)48)2-6-18(22)27(38-30)43-32-24-12-16(56(36,51)52)4-8-20(24)28(40-32)44-31-23-11-15(55(35,49)50)3-7-19(23)26(39-31)42-29;/h13-32,37-38,41-44H,1-12H2;/q-2;+2. The maximum Gasteiger partial charge on any atom is 2.00 e. The minimum Gasteiger partial charge on any atom is -0.632 e. The third-order valence-corrected chi connectivity index (χ3v) is 23.2. The zero-order valence-electron chi connectivity index (χ0n) is 30.6. The molecule has 57 heavy (non-hydrogen) atoms. The normalized spacial score (nSPS) is 50.2. The summed E-state index contributed by atoms with van der Waals surface area (Å²) < 4.78 is 101. The Bertz CT molecular complexity index is 1720. The maximum absolute atomic E-state index is 12.7. The Morgan fingerprint density at radius 3 is 0.982 bits per heavy atom. The number of nitrogens with zero attached hydrogens (tertiary/aromatic N) is 2. The fourth-order valence-corrected chi connectivity index (χ4v) is 18.1. The van der Waals surface area contributed by atoms with E-state index in [9.17, 15) is 33.7 Å². The van der Waals surface area contributed by atoms with E-state index < -0.39 is 81.9 Å². The van der Waals surface area contributed by atoms with Crippen LogP contribution in [0.15, 0.2) is 0 Å². The topological polar surface area (TPSA) is 237 Å². The molecular weight excluding hydrogens is 958 g/mol. The second-order valence-corrected chi connectivity index (χ2v) is 29.6. The molecule has 25 heteroatoms. The van der Waals surface area contributed by atoms with Crippen molar-refractivity contribution in [2.75, 3.05) is 0 Å². The monoisotopic (exact) mass is 1010 g/mol. The molecule has 9 rings (SSSR count). The van der Waals surface area contributed by atoms with Crippen LogP contribution in [-0.4, -0.2) is 104 Å². The molecule has 16 nitrogen and oxygen atoms in total. The molecule has 5 aliphatic heterocycles. The van der Waals surface area contributed by atoms with Crippen molar-refractivity contribution in [3.8, 4) is 0 Å². The van der Waals surface area contributed by atoms with Crippen molar-refractivity contribution in [3.63, 3.8) is 0 Å². The summed E-state index contributed by atoms with van der Waals surface area (Å²) in [5, 5.41) is 30.3. The number of nitrogens with one attached hydrogen (secondary N) is 6. The van der Waals surface area contributed by atoms with Crippen LogP contribution in [-0.2, 0) is 53.3 Å². The molecule has 0 spiro atoms. The summed E-state index contributed by atoms with van der Waals surface area (Å²) in [4.78, 5) is 0. The molecule has 0 aromatic carbocycles. The number of rotatable bonds is 4. The van der Waals surface area contributed by atoms with Crippen LogP contribution < -0.4 is 31.9 Å². The molecule has 9 fully saturated rings. The first-order valence-electron chi connectivity index (χ1n) is 19.9. The van der Waals surface area contributed by atoms with E-state index in [4.69, 9.17) is 53.4 Å². The molecule has 4 aliphatic carbocycles. The molecule has 329 valence electrons. The third kappa shape index (κ3) is 8.73. The van der Waals surface area contributed by atoms with E-state index in [1.54, 1.807) is 0 Å². The van der Waals surface area contributed by atoms with Crippen molar-refractivity contribution >= 4 is 78.9 Å². The summed E-state index contributed by atoms with van der Waals surface area (Å²) in [7, 11) is 8.56. The van der Waals surface area contributed by atoms with Gasteiger partial charge in [-0.2, -0.15) is 0 Å². The summed E-state index contributed by atoms with van der Waals surface area (Å²) in [5.41, 5.74) is 0. The maximum atomic E-state index is 12.7. The smallest absolute Gasteiger partial charge is 0.632 e. The molecule has 4 saturated carbocycles. The Morgan fingerprint density at radius 2 is 0.596 bits per heavy atom. The van der Waals surface area contributed by atoms with Crippen LogP contribution in [0.1, 0.15) is 77.0 Å². The Morgan fingerprint density at radius 1 is 0.333 bits per heavy atom. The second kappa shape index (κ2) is 16.3. The minimum absolute atomic E-state index is 0. The van der Waals surface area contributed by atoms with E-state index >= 15 is 0 Å². The predicted octanol–water partition coefficient (Wildman–Crippen LogP) is 2.36. The van der Waals surface area contributed by atoms with Crippen LogP contribution in [0.5, 0.6) is 0 Å². The van der Waals surface area contributed by atoms with E-state index in [1.807, 2.05) is 0 Å². The van der Waals surface area contributed by atoms with Gasteiger partial charge >= 0.3 is 17.1 Å². The van der Waals surface area contributed by atoms with Gasteiger partial charge in [0.1, 0.15) is 0 Å². The molecule has 9 aliphatic rings. The molecule has 20 atom stereocenters. The molecule has 6 N–H and O–H groups in total. The van der Waals surface area contributed by atoms with E-state index in [2.05, 4.69) is 31.9 Å². The van der Waals surface area contributed by atoms with Gasteiger partial charge < -0.3 is 26.6 Å². The summed E-state index contributed by atoms with van der Waals surface area (Å²) in [6.07, 6.45) is 2.21. The first kappa shape index (κ1) is 44.8. The van der Waals surface area contributed by atoms with Crippen LogP contribution in [0.3, 0.4) is 0 Å². The van der Waals surface area contributed by atoms with Crippen molar-refractivity contribution in [1.29, 1.82) is 0 Å². The summed E-state index contributed by atoms with van der Waals surface area (Å²) in [5.74, 6) is -0.708. The molecule has 20 unspecified atom stereocenters. The molecule has 1 radical (unpaired) electrons. The molecule has 0 aromatic heterocycles. The molecule has 5 heterocycles. The van der Waals surface area contributed by atoms with Crippen LogP contribution in [0.4, 0.5) is 0 Å². The number of hydrogen-bond donors (Lipinski definition) is 6. The van der Waals surface area contributed by atoms with Gasteiger partial charge in [-0.25, -0.2) is 33.7 Å². The van der Waals surface area contributed by atoms with Crippen LogP contribution >= 0.6 is 42.7 Å². The molecular formula is C32H50Cl4CuN8O8S4. The summed E-state index contributed by atoms with van der Waals surface area (Å²) >= 11 is 0. The van der Waals surface area contributed by atoms with Gasteiger partial charge in [0.2, 0.25) is 36.2 Å². The van der Waals surface area contributed by atoms with Crippen molar-refractivity contribution in [1.82, 2.24) is 31.9 Å². The van der Waals surface area contributed by atoms with Gasteiger partial charge in [-0.05, 0) is 124 Å². The summed E-state index contributed by atoms with van der Waals surface area (Å²) in [6, 6.07) is 0. The first-order chi connectivity index (χ1) is 26.2. The van der Waals surface area contributed by atoms with E-state index in [-0.39, 0.29) is 89.1 Å². The van der Waals surface area contributed by atoms with Crippen LogP contribution in [0, 0.1) is 47.3 Å². The zero-order chi connectivity index (χ0) is 39.7. The molecule has 5 saturated heterocycles. The Labute approximate surface area is 364 Å². The van der Waals surface area contributed by atoms with Gasteiger partial charge in [0.15, 0.2) is 0 Å². The van der Waals surface area contributed by atoms with Gasteiger partial charge in [-0.1, -0.05) is 24.7 Å². The van der Waals surface area contributed by atoms with Crippen LogP contribution in [0.2, 0.25) is 0 Å². The van der Waals surface area contributed by atoms with E-state index in [1.165, 1.54) is 0 Å². The van der Waals surface area contributed by atoms with Crippen molar-refractivity contribution in [2.45, 2.75) is 147 Å². The summed E-state index contributed by atoms with van der Waals surface area (Å²) in [6.45, 7) is 0. The third-order valence-electron chi connectivity index (χ3n) is 15.3. The Balaban J connectivity index is 0.00000455. The SMILES string of the molecule is O=S(=O)(Cl)C1CCC2C3[N-]C(NC4[N-]C(NC5NC(NC6NC(N3)C3CC(S(=O)(=O)Cl)CCC63)C3CC(S(=O)(=O)Cl)CCC53)C3CC(S(=O)(=O)Cl)CCC43)C2C1.[Cu+2].